The lowest BCUT2D eigenvalue weighted by atomic mass is 9.83. The third-order valence-corrected chi connectivity index (χ3v) is 5.47. The average Bonchev–Trinajstić information content (AvgIpc) is 3.07. The van der Waals surface area contributed by atoms with E-state index in [2.05, 4.69) is 32.2 Å². The standard InChI is InChI=1S/C21H16BrClN4O2/c1-11-18-19(16(9-24)20(25)29-21(18)27-26-11)15-8-13(22)4-7-17(15)28-10-12-2-5-14(23)6-3-12/h2-8,19H,10,25H2,1H3,(H,26,27)/t19-/m1/s1. The molecule has 2 heterocycles. The molecule has 146 valence electrons. The van der Waals surface area contributed by atoms with E-state index < -0.39 is 5.92 Å². The second kappa shape index (κ2) is 7.82. The zero-order valence-corrected chi connectivity index (χ0v) is 17.7. The lowest BCUT2D eigenvalue weighted by molar-refractivity contribution is 0.301. The Bertz CT molecular complexity index is 1150. The van der Waals surface area contributed by atoms with Gasteiger partial charge in [0.05, 0.1) is 5.92 Å². The van der Waals surface area contributed by atoms with E-state index in [1.165, 1.54) is 0 Å². The monoisotopic (exact) mass is 470 g/mol. The molecule has 8 heteroatoms. The van der Waals surface area contributed by atoms with E-state index in [1.54, 1.807) is 0 Å². The summed E-state index contributed by atoms with van der Waals surface area (Å²) in [6.45, 7) is 2.23. The number of H-pyrrole nitrogens is 1. The van der Waals surface area contributed by atoms with Gasteiger partial charge < -0.3 is 15.2 Å². The molecule has 1 atom stereocenters. The van der Waals surface area contributed by atoms with Gasteiger partial charge in [0.15, 0.2) is 0 Å². The Morgan fingerprint density at radius 3 is 2.79 bits per heavy atom. The van der Waals surface area contributed by atoms with Gasteiger partial charge in [0, 0.05) is 26.3 Å². The fraction of sp³-hybridized carbons (Fsp3) is 0.143. The second-order valence-electron chi connectivity index (χ2n) is 6.59. The van der Waals surface area contributed by atoms with Crippen molar-refractivity contribution >= 4 is 27.5 Å². The number of nitriles is 1. The molecule has 3 aromatic rings. The van der Waals surface area contributed by atoms with Crippen LogP contribution in [0, 0.1) is 18.3 Å². The summed E-state index contributed by atoms with van der Waals surface area (Å²) in [5.74, 6) is 0.593. The largest absolute Gasteiger partial charge is 0.489 e. The number of nitrogens with one attached hydrogen (secondary N) is 1. The molecule has 0 fully saturated rings. The highest BCUT2D eigenvalue weighted by Crippen LogP contribution is 2.46. The molecule has 6 nitrogen and oxygen atoms in total. The van der Waals surface area contributed by atoms with Crippen LogP contribution in [0.5, 0.6) is 11.6 Å². The van der Waals surface area contributed by atoms with Gasteiger partial charge in [0.2, 0.25) is 11.8 Å². The highest BCUT2D eigenvalue weighted by molar-refractivity contribution is 9.10. The van der Waals surface area contributed by atoms with Crippen LogP contribution >= 0.6 is 27.5 Å². The molecule has 1 aromatic heterocycles. The maximum atomic E-state index is 9.78. The van der Waals surface area contributed by atoms with Crippen LogP contribution in [-0.2, 0) is 6.61 Å². The van der Waals surface area contributed by atoms with Crippen LogP contribution in [0.3, 0.4) is 0 Å². The quantitative estimate of drug-likeness (QED) is 0.562. The minimum absolute atomic E-state index is 0.0418. The van der Waals surface area contributed by atoms with Gasteiger partial charge in [-0.2, -0.15) is 5.26 Å². The Kier molecular flexibility index (Phi) is 5.22. The van der Waals surface area contributed by atoms with E-state index in [1.807, 2.05) is 49.4 Å². The lowest BCUT2D eigenvalue weighted by Gasteiger charge is -2.25. The third kappa shape index (κ3) is 3.69. The number of fused-ring (bicyclic) bond motifs is 1. The average molecular weight is 472 g/mol. The van der Waals surface area contributed by atoms with Gasteiger partial charge in [-0.05, 0) is 42.8 Å². The number of aryl methyl sites for hydroxylation is 1. The molecule has 2 aromatic carbocycles. The van der Waals surface area contributed by atoms with Crippen LogP contribution in [-0.4, -0.2) is 10.2 Å². The summed E-state index contributed by atoms with van der Waals surface area (Å²) in [4.78, 5) is 0. The summed E-state index contributed by atoms with van der Waals surface area (Å²) in [5.41, 5.74) is 9.68. The highest BCUT2D eigenvalue weighted by Gasteiger charge is 2.36. The van der Waals surface area contributed by atoms with Crippen molar-refractivity contribution in [1.82, 2.24) is 10.2 Å². The number of aromatic amines is 1. The van der Waals surface area contributed by atoms with Crippen molar-refractivity contribution in [3.8, 4) is 17.7 Å². The Hall–Kier alpha value is -2.95. The lowest BCUT2D eigenvalue weighted by Crippen LogP contribution is -2.21. The molecule has 0 aliphatic carbocycles. The fourth-order valence-corrected chi connectivity index (χ4v) is 3.83. The van der Waals surface area contributed by atoms with Gasteiger partial charge in [-0.1, -0.05) is 39.7 Å². The fourth-order valence-electron chi connectivity index (χ4n) is 3.33. The van der Waals surface area contributed by atoms with Crippen molar-refractivity contribution in [2.24, 2.45) is 5.73 Å². The maximum absolute atomic E-state index is 9.78. The van der Waals surface area contributed by atoms with Gasteiger partial charge >= 0.3 is 0 Å². The predicted octanol–water partition coefficient (Wildman–Crippen LogP) is 4.93. The van der Waals surface area contributed by atoms with E-state index >= 15 is 0 Å². The van der Waals surface area contributed by atoms with Crippen LogP contribution < -0.4 is 15.2 Å². The summed E-state index contributed by atoms with van der Waals surface area (Å²) in [6, 6.07) is 15.3. The van der Waals surface area contributed by atoms with Crippen molar-refractivity contribution < 1.29 is 9.47 Å². The first-order chi connectivity index (χ1) is 14.0. The van der Waals surface area contributed by atoms with Crippen molar-refractivity contribution in [3.05, 3.63) is 85.8 Å². The number of aromatic nitrogens is 2. The minimum atomic E-state index is -0.458. The molecule has 0 saturated heterocycles. The molecule has 0 saturated carbocycles. The summed E-state index contributed by atoms with van der Waals surface area (Å²) < 4.78 is 12.5. The number of rotatable bonds is 4. The molecule has 0 amide bonds. The number of nitrogens with zero attached hydrogens (tertiary/aromatic N) is 2. The number of benzene rings is 2. The van der Waals surface area contributed by atoms with E-state index in [0.717, 1.165) is 26.9 Å². The Morgan fingerprint density at radius 2 is 2.07 bits per heavy atom. The summed E-state index contributed by atoms with van der Waals surface area (Å²) >= 11 is 9.47. The number of hydrogen-bond donors (Lipinski definition) is 2. The topological polar surface area (TPSA) is 97.0 Å². The van der Waals surface area contributed by atoms with Crippen LogP contribution in [0.1, 0.15) is 28.3 Å². The van der Waals surface area contributed by atoms with Crippen molar-refractivity contribution in [2.75, 3.05) is 0 Å². The van der Waals surface area contributed by atoms with Crippen LogP contribution in [0.15, 0.2) is 58.4 Å². The number of hydrogen-bond acceptors (Lipinski definition) is 5. The summed E-state index contributed by atoms with van der Waals surface area (Å²) in [5, 5.41) is 17.5. The Balaban J connectivity index is 1.78. The molecular weight excluding hydrogens is 456 g/mol. The summed E-state index contributed by atoms with van der Waals surface area (Å²) in [6.07, 6.45) is 0. The molecule has 1 aliphatic rings. The van der Waals surface area contributed by atoms with Crippen molar-refractivity contribution in [1.29, 1.82) is 5.26 Å². The molecule has 0 spiro atoms. The molecule has 0 bridgehead atoms. The second-order valence-corrected chi connectivity index (χ2v) is 7.94. The molecule has 0 unspecified atom stereocenters. The van der Waals surface area contributed by atoms with E-state index in [9.17, 15) is 5.26 Å². The summed E-state index contributed by atoms with van der Waals surface area (Å²) in [7, 11) is 0. The zero-order chi connectivity index (χ0) is 20.5. The van der Waals surface area contributed by atoms with Crippen LogP contribution in [0.4, 0.5) is 0 Å². The van der Waals surface area contributed by atoms with E-state index in [0.29, 0.717) is 28.8 Å². The predicted molar refractivity (Wildman–Crippen MR) is 113 cm³/mol. The molecular formula is C21H16BrClN4O2. The highest BCUT2D eigenvalue weighted by atomic mass is 79.9. The number of halogens is 2. The molecule has 29 heavy (non-hydrogen) atoms. The van der Waals surface area contributed by atoms with Crippen molar-refractivity contribution in [3.63, 3.8) is 0 Å². The number of nitrogens with two attached hydrogens (primary N) is 1. The maximum Gasteiger partial charge on any atom is 0.244 e. The third-order valence-electron chi connectivity index (χ3n) is 4.72. The van der Waals surface area contributed by atoms with Gasteiger partial charge in [-0.3, -0.25) is 5.10 Å². The van der Waals surface area contributed by atoms with Crippen LogP contribution in [0.2, 0.25) is 5.02 Å². The van der Waals surface area contributed by atoms with Crippen LogP contribution in [0.25, 0.3) is 0 Å². The Labute approximate surface area is 181 Å². The molecule has 4 rings (SSSR count). The Morgan fingerprint density at radius 1 is 1.31 bits per heavy atom. The first-order valence-corrected chi connectivity index (χ1v) is 9.94. The SMILES string of the molecule is Cc1[nH]nc2c1[C@H](c1cc(Br)ccc1OCc1ccc(Cl)cc1)C(C#N)=C(N)O2. The first-order valence-electron chi connectivity index (χ1n) is 8.77. The molecule has 0 radical (unpaired) electrons. The van der Waals surface area contributed by atoms with E-state index in [4.69, 9.17) is 26.8 Å². The number of allylic oxidation sites excluding steroid dienone is 1. The van der Waals surface area contributed by atoms with Crippen molar-refractivity contribution in [2.45, 2.75) is 19.4 Å². The van der Waals surface area contributed by atoms with Gasteiger partial charge in [-0.25, -0.2) is 0 Å². The molecule has 3 N–H and O–H groups in total. The molecule has 1 aliphatic heterocycles. The van der Waals surface area contributed by atoms with E-state index in [-0.39, 0.29) is 5.88 Å². The number of ether oxygens (including phenoxy) is 2. The zero-order valence-electron chi connectivity index (χ0n) is 15.4. The smallest absolute Gasteiger partial charge is 0.244 e. The van der Waals surface area contributed by atoms with Gasteiger partial charge in [0.25, 0.3) is 0 Å². The van der Waals surface area contributed by atoms with Gasteiger partial charge in [-0.15, -0.1) is 5.10 Å². The van der Waals surface area contributed by atoms with Gasteiger partial charge in [0.1, 0.15) is 24.0 Å². The first kappa shape index (κ1) is 19.4. The normalized spacial score (nSPS) is 15.4. The minimum Gasteiger partial charge on any atom is -0.489 e.